The van der Waals surface area contributed by atoms with Crippen molar-refractivity contribution in [1.29, 1.82) is 0 Å². The van der Waals surface area contributed by atoms with Gasteiger partial charge in [-0.3, -0.25) is 4.79 Å². The number of aliphatic hydroxyl groups is 1. The predicted octanol–water partition coefficient (Wildman–Crippen LogP) is 1.21. The molecule has 3 rings (SSSR count). The van der Waals surface area contributed by atoms with Crippen LogP contribution in [0.25, 0.3) is 5.69 Å². The largest absolute Gasteiger partial charge is 0.380 e. The van der Waals surface area contributed by atoms with Gasteiger partial charge in [0.1, 0.15) is 11.9 Å². The van der Waals surface area contributed by atoms with Crippen molar-refractivity contribution >= 4 is 11.6 Å². The van der Waals surface area contributed by atoms with Gasteiger partial charge in [-0.25, -0.2) is 4.68 Å². The molecular formula is C14H17N5O2. The van der Waals surface area contributed by atoms with Crippen LogP contribution >= 0.6 is 0 Å². The summed E-state index contributed by atoms with van der Waals surface area (Å²) in [5.74, 6) is -0.341. The van der Waals surface area contributed by atoms with Crippen LogP contribution in [0.2, 0.25) is 0 Å². The minimum atomic E-state index is -1.24. The van der Waals surface area contributed by atoms with Crippen LogP contribution in [-0.2, 0) is 4.79 Å². The van der Waals surface area contributed by atoms with Gasteiger partial charge in [0.05, 0.1) is 5.69 Å². The Bertz CT molecular complexity index is 647. The standard InChI is InChI=1S/C14H17N5O2/c1-10-4-5-11(8-12(10)19-9-15-17-18-19)16-13(20)14(21)6-2-3-7-14/h4-5,8-9,21H,2-3,6-7H2,1H3,(H,16,20). The molecule has 0 radical (unpaired) electrons. The summed E-state index contributed by atoms with van der Waals surface area (Å²) in [6, 6.07) is 5.48. The second kappa shape index (κ2) is 5.25. The quantitative estimate of drug-likeness (QED) is 0.885. The fraction of sp³-hybridized carbons (Fsp3) is 0.429. The molecule has 1 aromatic heterocycles. The summed E-state index contributed by atoms with van der Waals surface area (Å²) in [6.45, 7) is 1.94. The predicted molar refractivity (Wildman–Crippen MR) is 75.9 cm³/mol. The summed E-state index contributed by atoms with van der Waals surface area (Å²) in [5.41, 5.74) is 1.16. The number of hydrogen-bond donors (Lipinski definition) is 2. The number of nitrogens with one attached hydrogen (secondary N) is 1. The molecule has 0 bridgehead atoms. The highest BCUT2D eigenvalue weighted by atomic mass is 16.3. The third-order valence-corrected chi connectivity index (χ3v) is 3.92. The number of aromatic nitrogens is 4. The van der Waals surface area contributed by atoms with Crippen LogP contribution in [0, 0.1) is 6.92 Å². The van der Waals surface area contributed by atoms with E-state index in [4.69, 9.17) is 0 Å². The molecule has 0 spiro atoms. The lowest BCUT2D eigenvalue weighted by Gasteiger charge is -2.21. The molecule has 0 atom stereocenters. The van der Waals surface area contributed by atoms with Crippen molar-refractivity contribution in [2.75, 3.05) is 5.32 Å². The Balaban J connectivity index is 1.83. The molecule has 1 saturated carbocycles. The third-order valence-electron chi connectivity index (χ3n) is 3.92. The summed E-state index contributed by atoms with van der Waals surface area (Å²) in [6.07, 6.45) is 4.30. The van der Waals surface area contributed by atoms with E-state index >= 15 is 0 Å². The van der Waals surface area contributed by atoms with Gasteiger partial charge in [-0.1, -0.05) is 6.07 Å². The van der Waals surface area contributed by atoms with E-state index in [1.807, 2.05) is 13.0 Å². The van der Waals surface area contributed by atoms with Gasteiger partial charge in [0.25, 0.3) is 5.91 Å². The van der Waals surface area contributed by atoms with Gasteiger partial charge in [0.2, 0.25) is 0 Å². The minimum Gasteiger partial charge on any atom is -0.380 e. The van der Waals surface area contributed by atoms with Crippen molar-refractivity contribution in [3.8, 4) is 5.69 Å². The van der Waals surface area contributed by atoms with Gasteiger partial charge < -0.3 is 10.4 Å². The van der Waals surface area contributed by atoms with Gasteiger partial charge in [-0.2, -0.15) is 0 Å². The van der Waals surface area contributed by atoms with E-state index in [0.717, 1.165) is 24.1 Å². The first-order valence-electron chi connectivity index (χ1n) is 6.96. The zero-order valence-electron chi connectivity index (χ0n) is 11.8. The first-order chi connectivity index (χ1) is 10.1. The Morgan fingerprint density at radius 2 is 2.14 bits per heavy atom. The first kappa shape index (κ1) is 13.7. The average Bonchev–Trinajstić information content (AvgIpc) is 3.13. The number of carbonyl (C=O) groups excluding carboxylic acids is 1. The molecule has 110 valence electrons. The molecule has 2 aromatic rings. The number of nitrogens with zero attached hydrogens (tertiary/aromatic N) is 4. The molecule has 2 N–H and O–H groups in total. The van der Waals surface area contributed by atoms with Gasteiger partial charge in [-0.05, 0) is 60.7 Å². The highest BCUT2D eigenvalue weighted by Crippen LogP contribution is 2.31. The molecule has 1 aliphatic carbocycles. The molecule has 0 aliphatic heterocycles. The van der Waals surface area contributed by atoms with E-state index < -0.39 is 5.60 Å². The zero-order valence-corrected chi connectivity index (χ0v) is 11.8. The van der Waals surface area contributed by atoms with Crippen molar-refractivity contribution in [2.24, 2.45) is 0 Å². The lowest BCUT2D eigenvalue weighted by Crippen LogP contribution is -2.40. The number of anilines is 1. The minimum absolute atomic E-state index is 0.341. The molecule has 1 aliphatic rings. The smallest absolute Gasteiger partial charge is 0.256 e. The van der Waals surface area contributed by atoms with Crippen LogP contribution in [-0.4, -0.2) is 36.8 Å². The van der Waals surface area contributed by atoms with Gasteiger partial charge >= 0.3 is 0 Å². The fourth-order valence-electron chi connectivity index (χ4n) is 2.64. The molecular weight excluding hydrogens is 270 g/mol. The molecule has 1 heterocycles. The van der Waals surface area contributed by atoms with Crippen LogP contribution in [0.1, 0.15) is 31.2 Å². The molecule has 1 amide bonds. The fourth-order valence-corrected chi connectivity index (χ4v) is 2.64. The van der Waals surface area contributed by atoms with E-state index in [-0.39, 0.29) is 5.91 Å². The molecule has 1 fully saturated rings. The van der Waals surface area contributed by atoms with E-state index in [9.17, 15) is 9.90 Å². The van der Waals surface area contributed by atoms with E-state index in [1.54, 1.807) is 12.1 Å². The second-order valence-corrected chi connectivity index (χ2v) is 5.45. The second-order valence-electron chi connectivity index (χ2n) is 5.45. The first-order valence-corrected chi connectivity index (χ1v) is 6.96. The topological polar surface area (TPSA) is 92.9 Å². The number of aryl methyl sites for hydroxylation is 1. The molecule has 7 nitrogen and oxygen atoms in total. The molecule has 0 unspecified atom stereocenters. The summed E-state index contributed by atoms with van der Waals surface area (Å²) in [4.78, 5) is 12.2. The maximum Gasteiger partial charge on any atom is 0.256 e. The van der Waals surface area contributed by atoms with Crippen LogP contribution < -0.4 is 5.32 Å². The van der Waals surface area contributed by atoms with E-state index in [0.29, 0.717) is 18.5 Å². The van der Waals surface area contributed by atoms with Crippen molar-refractivity contribution in [3.63, 3.8) is 0 Å². The van der Waals surface area contributed by atoms with Crippen molar-refractivity contribution in [1.82, 2.24) is 20.2 Å². The van der Waals surface area contributed by atoms with Crippen LogP contribution in [0.3, 0.4) is 0 Å². The number of hydrogen-bond acceptors (Lipinski definition) is 5. The van der Waals surface area contributed by atoms with Crippen molar-refractivity contribution in [3.05, 3.63) is 30.1 Å². The van der Waals surface area contributed by atoms with Crippen molar-refractivity contribution < 1.29 is 9.90 Å². The van der Waals surface area contributed by atoms with Gasteiger partial charge in [-0.15, -0.1) is 5.10 Å². The Morgan fingerprint density at radius 1 is 1.38 bits per heavy atom. The van der Waals surface area contributed by atoms with Gasteiger partial charge in [0, 0.05) is 5.69 Å². The molecule has 7 heteroatoms. The average molecular weight is 287 g/mol. The summed E-state index contributed by atoms with van der Waals surface area (Å²) >= 11 is 0. The van der Waals surface area contributed by atoms with Crippen molar-refractivity contribution in [2.45, 2.75) is 38.2 Å². The Hall–Kier alpha value is -2.28. The highest BCUT2D eigenvalue weighted by molar-refractivity contribution is 5.97. The summed E-state index contributed by atoms with van der Waals surface area (Å²) in [7, 11) is 0. The zero-order chi connectivity index (χ0) is 14.9. The van der Waals surface area contributed by atoms with Crippen LogP contribution in [0.4, 0.5) is 5.69 Å². The van der Waals surface area contributed by atoms with Crippen LogP contribution in [0.15, 0.2) is 24.5 Å². The molecule has 0 saturated heterocycles. The summed E-state index contributed by atoms with van der Waals surface area (Å²) in [5, 5.41) is 24.1. The lowest BCUT2D eigenvalue weighted by molar-refractivity contribution is -0.133. The third kappa shape index (κ3) is 2.64. The number of tetrazole rings is 1. The van der Waals surface area contributed by atoms with Crippen LogP contribution in [0.5, 0.6) is 0 Å². The van der Waals surface area contributed by atoms with E-state index in [2.05, 4.69) is 20.8 Å². The Kier molecular flexibility index (Phi) is 3.42. The molecule has 21 heavy (non-hydrogen) atoms. The maximum absolute atomic E-state index is 12.2. The Labute approximate surface area is 122 Å². The maximum atomic E-state index is 12.2. The normalized spacial score (nSPS) is 16.9. The number of rotatable bonds is 3. The number of benzene rings is 1. The highest BCUT2D eigenvalue weighted by Gasteiger charge is 2.38. The van der Waals surface area contributed by atoms with Gasteiger partial charge in [0.15, 0.2) is 0 Å². The lowest BCUT2D eigenvalue weighted by atomic mass is 10.0. The number of amides is 1. The van der Waals surface area contributed by atoms with E-state index in [1.165, 1.54) is 11.0 Å². The summed E-state index contributed by atoms with van der Waals surface area (Å²) < 4.78 is 1.54. The molecule has 1 aromatic carbocycles. The Morgan fingerprint density at radius 3 is 2.81 bits per heavy atom. The number of carbonyl (C=O) groups is 1. The SMILES string of the molecule is Cc1ccc(NC(=O)C2(O)CCCC2)cc1-n1cnnn1. The monoisotopic (exact) mass is 287 g/mol.